The predicted octanol–water partition coefficient (Wildman–Crippen LogP) is 0.136. The highest BCUT2D eigenvalue weighted by molar-refractivity contribution is 7.89. The zero-order valence-corrected chi connectivity index (χ0v) is 12.8. The van der Waals surface area contributed by atoms with Gasteiger partial charge in [0.05, 0.1) is 17.3 Å². The van der Waals surface area contributed by atoms with Crippen LogP contribution >= 0.6 is 0 Å². The highest BCUT2D eigenvalue weighted by Gasteiger charge is 2.11. The fraction of sp³-hybridized carbons (Fsp3) is 0.545. The van der Waals surface area contributed by atoms with Crippen LogP contribution in [-0.2, 0) is 10.0 Å². The molecule has 0 saturated heterocycles. The molecule has 0 saturated carbocycles. The maximum Gasteiger partial charge on any atom is 0.226 e. The molecule has 0 aliphatic rings. The van der Waals surface area contributed by atoms with Crippen LogP contribution in [-0.4, -0.2) is 54.5 Å². The lowest BCUT2D eigenvalue weighted by atomic mass is 10.4. The SMILES string of the molecule is CCCNc1nc(NCCS(=O)(=O)NC)c2cn[nH]c2n1. The fourth-order valence-corrected chi connectivity index (χ4v) is 2.27. The molecule has 0 aliphatic heterocycles. The van der Waals surface area contributed by atoms with Crippen LogP contribution in [0, 0.1) is 0 Å². The van der Waals surface area contributed by atoms with E-state index in [1.165, 1.54) is 7.05 Å². The van der Waals surface area contributed by atoms with Crippen molar-refractivity contribution < 1.29 is 8.42 Å². The van der Waals surface area contributed by atoms with Crippen LogP contribution in [0.3, 0.4) is 0 Å². The van der Waals surface area contributed by atoms with E-state index < -0.39 is 10.0 Å². The summed E-state index contributed by atoms with van der Waals surface area (Å²) in [6, 6.07) is 0. The summed E-state index contributed by atoms with van der Waals surface area (Å²) in [7, 11) is -1.86. The molecule has 0 spiro atoms. The van der Waals surface area contributed by atoms with Gasteiger partial charge in [0.1, 0.15) is 5.82 Å². The Morgan fingerprint density at radius 2 is 2.05 bits per heavy atom. The van der Waals surface area contributed by atoms with Crippen molar-refractivity contribution in [3.8, 4) is 0 Å². The average Bonchev–Trinajstić information content (AvgIpc) is 2.93. The van der Waals surface area contributed by atoms with Crippen LogP contribution in [0.25, 0.3) is 11.0 Å². The Morgan fingerprint density at radius 1 is 1.24 bits per heavy atom. The Balaban J connectivity index is 2.15. The smallest absolute Gasteiger partial charge is 0.226 e. The lowest BCUT2D eigenvalue weighted by Crippen LogP contribution is -2.26. The zero-order chi connectivity index (χ0) is 15.3. The summed E-state index contributed by atoms with van der Waals surface area (Å²) in [6.45, 7) is 3.05. The Labute approximate surface area is 123 Å². The molecule has 0 radical (unpaired) electrons. The highest BCUT2D eigenvalue weighted by Crippen LogP contribution is 2.19. The zero-order valence-electron chi connectivity index (χ0n) is 12.0. The van der Waals surface area contributed by atoms with E-state index in [2.05, 4.69) is 35.5 Å². The van der Waals surface area contributed by atoms with Gasteiger partial charge in [-0.2, -0.15) is 15.1 Å². The van der Waals surface area contributed by atoms with Gasteiger partial charge in [-0.1, -0.05) is 6.92 Å². The summed E-state index contributed by atoms with van der Waals surface area (Å²) >= 11 is 0. The number of aromatic nitrogens is 4. The second-order valence-corrected chi connectivity index (χ2v) is 6.45. The molecular formula is C11H19N7O2S. The molecule has 2 heterocycles. The van der Waals surface area contributed by atoms with Crippen molar-refractivity contribution in [2.45, 2.75) is 13.3 Å². The van der Waals surface area contributed by atoms with E-state index in [0.29, 0.717) is 17.4 Å². The van der Waals surface area contributed by atoms with Crippen molar-refractivity contribution in [1.82, 2.24) is 24.9 Å². The summed E-state index contributed by atoms with van der Waals surface area (Å²) in [5.74, 6) is 0.996. The van der Waals surface area contributed by atoms with E-state index in [0.717, 1.165) is 18.4 Å². The van der Waals surface area contributed by atoms with Crippen LogP contribution in [0.4, 0.5) is 11.8 Å². The third-order valence-corrected chi connectivity index (χ3v) is 4.18. The Bertz CT molecular complexity index is 698. The van der Waals surface area contributed by atoms with Gasteiger partial charge < -0.3 is 10.6 Å². The van der Waals surface area contributed by atoms with Gasteiger partial charge in [-0.3, -0.25) is 5.10 Å². The topological polar surface area (TPSA) is 125 Å². The van der Waals surface area contributed by atoms with Crippen LogP contribution in [0.15, 0.2) is 6.20 Å². The van der Waals surface area contributed by atoms with E-state index in [1.807, 2.05) is 6.92 Å². The lowest BCUT2D eigenvalue weighted by molar-refractivity contribution is 0.588. The monoisotopic (exact) mass is 313 g/mol. The van der Waals surface area contributed by atoms with Gasteiger partial charge in [0, 0.05) is 13.1 Å². The first-order valence-electron chi connectivity index (χ1n) is 6.66. The number of hydrogen-bond donors (Lipinski definition) is 4. The molecule has 4 N–H and O–H groups in total. The Kier molecular flexibility index (Phi) is 4.91. The van der Waals surface area contributed by atoms with Crippen LogP contribution < -0.4 is 15.4 Å². The molecular weight excluding hydrogens is 294 g/mol. The number of rotatable bonds is 8. The maximum atomic E-state index is 11.4. The van der Waals surface area contributed by atoms with Gasteiger partial charge in [0.25, 0.3) is 0 Å². The van der Waals surface area contributed by atoms with Crippen molar-refractivity contribution in [2.75, 3.05) is 36.5 Å². The minimum absolute atomic E-state index is 0.0371. The van der Waals surface area contributed by atoms with E-state index in [4.69, 9.17) is 0 Å². The maximum absolute atomic E-state index is 11.4. The molecule has 116 valence electrons. The molecule has 2 rings (SSSR count). The quantitative estimate of drug-likeness (QED) is 0.546. The molecule has 0 bridgehead atoms. The summed E-state index contributed by atoms with van der Waals surface area (Å²) in [5.41, 5.74) is 0.600. The average molecular weight is 313 g/mol. The summed E-state index contributed by atoms with van der Waals surface area (Å²) in [5, 5.41) is 13.5. The number of aromatic amines is 1. The van der Waals surface area contributed by atoms with E-state index in [9.17, 15) is 8.42 Å². The van der Waals surface area contributed by atoms with Gasteiger partial charge in [0.2, 0.25) is 16.0 Å². The predicted molar refractivity (Wildman–Crippen MR) is 81.8 cm³/mol. The molecule has 0 fully saturated rings. The summed E-state index contributed by atoms with van der Waals surface area (Å²) < 4.78 is 25.1. The number of nitrogens with zero attached hydrogens (tertiary/aromatic N) is 3. The summed E-state index contributed by atoms with van der Waals surface area (Å²) in [4.78, 5) is 8.64. The van der Waals surface area contributed by atoms with Gasteiger partial charge in [-0.25, -0.2) is 13.1 Å². The molecule has 0 aliphatic carbocycles. The van der Waals surface area contributed by atoms with Crippen molar-refractivity contribution in [1.29, 1.82) is 0 Å². The molecule has 0 unspecified atom stereocenters. The minimum atomic E-state index is -3.25. The van der Waals surface area contributed by atoms with Crippen LogP contribution in [0.1, 0.15) is 13.3 Å². The van der Waals surface area contributed by atoms with Crippen LogP contribution in [0.2, 0.25) is 0 Å². The first-order chi connectivity index (χ1) is 10.1. The van der Waals surface area contributed by atoms with Crippen LogP contribution in [0.5, 0.6) is 0 Å². The third-order valence-electron chi connectivity index (χ3n) is 2.82. The molecule has 10 heteroatoms. The van der Waals surface area contributed by atoms with Gasteiger partial charge in [-0.05, 0) is 13.5 Å². The number of sulfonamides is 1. The van der Waals surface area contributed by atoms with Crippen molar-refractivity contribution in [3.63, 3.8) is 0 Å². The summed E-state index contributed by atoms with van der Waals surface area (Å²) in [6.07, 6.45) is 2.56. The van der Waals surface area contributed by atoms with Crippen molar-refractivity contribution >= 4 is 32.8 Å². The standard InChI is InChI=1S/C11H19N7O2S/c1-3-4-14-11-16-9(8-7-15-18-10(8)17-11)13-5-6-21(19,20)12-2/h7,12H,3-6H2,1-2H3,(H3,13,14,15,16,17,18). The second kappa shape index (κ2) is 6.68. The van der Waals surface area contributed by atoms with Gasteiger partial charge >= 0.3 is 0 Å². The number of anilines is 2. The highest BCUT2D eigenvalue weighted by atomic mass is 32.2. The lowest BCUT2D eigenvalue weighted by Gasteiger charge is -2.09. The van der Waals surface area contributed by atoms with E-state index in [-0.39, 0.29) is 12.3 Å². The van der Waals surface area contributed by atoms with Gasteiger partial charge in [0.15, 0.2) is 5.65 Å². The largest absolute Gasteiger partial charge is 0.368 e. The molecule has 9 nitrogen and oxygen atoms in total. The molecule has 2 aromatic heterocycles. The number of hydrogen-bond acceptors (Lipinski definition) is 7. The second-order valence-electron chi connectivity index (χ2n) is 4.40. The Hall–Kier alpha value is -1.94. The van der Waals surface area contributed by atoms with E-state index >= 15 is 0 Å². The molecule has 0 atom stereocenters. The fourth-order valence-electron chi connectivity index (χ4n) is 1.69. The molecule has 0 amide bonds. The number of H-pyrrole nitrogens is 1. The Morgan fingerprint density at radius 3 is 2.76 bits per heavy atom. The number of fused-ring (bicyclic) bond motifs is 1. The minimum Gasteiger partial charge on any atom is -0.368 e. The normalized spacial score (nSPS) is 11.7. The van der Waals surface area contributed by atoms with E-state index in [1.54, 1.807) is 6.20 Å². The third kappa shape index (κ3) is 4.02. The first kappa shape index (κ1) is 15.4. The molecule has 0 aromatic carbocycles. The number of nitrogens with one attached hydrogen (secondary N) is 4. The molecule has 21 heavy (non-hydrogen) atoms. The molecule has 2 aromatic rings. The van der Waals surface area contributed by atoms with Crippen molar-refractivity contribution in [3.05, 3.63) is 6.20 Å². The van der Waals surface area contributed by atoms with Gasteiger partial charge in [-0.15, -0.1) is 0 Å². The first-order valence-corrected chi connectivity index (χ1v) is 8.31. The van der Waals surface area contributed by atoms with Crippen molar-refractivity contribution in [2.24, 2.45) is 0 Å².